The number of rotatable bonds is 10. The van der Waals surface area contributed by atoms with Gasteiger partial charge in [0.2, 0.25) is 5.91 Å². The van der Waals surface area contributed by atoms with Crippen molar-refractivity contribution in [2.45, 2.75) is 24.8 Å². The van der Waals surface area contributed by atoms with Crippen LogP contribution >= 0.6 is 0 Å². The van der Waals surface area contributed by atoms with E-state index in [1.165, 1.54) is 12.1 Å². The van der Waals surface area contributed by atoms with Gasteiger partial charge in [-0.1, -0.05) is 18.2 Å². The number of fused-ring (bicyclic) bond motifs is 1. The Hall–Kier alpha value is -4.46. The van der Waals surface area contributed by atoms with Crippen molar-refractivity contribution in [3.05, 3.63) is 60.7 Å². The summed E-state index contributed by atoms with van der Waals surface area (Å²) in [5.74, 6) is 0.798. The van der Waals surface area contributed by atoms with E-state index >= 15 is 0 Å². The molecule has 1 fully saturated rings. The monoisotopic (exact) mass is 619 g/mol. The van der Waals surface area contributed by atoms with Gasteiger partial charge < -0.3 is 20.5 Å². The molecule has 44 heavy (non-hydrogen) atoms. The molecule has 1 aliphatic rings. The number of anilines is 3. The number of amides is 1. The maximum absolute atomic E-state index is 13.4. The molecule has 13 heteroatoms. The Labute approximate surface area is 257 Å². The van der Waals surface area contributed by atoms with Crippen molar-refractivity contribution < 1.29 is 22.7 Å². The molecule has 3 aromatic carbocycles. The van der Waals surface area contributed by atoms with Crippen molar-refractivity contribution >= 4 is 44.3 Å². The number of methoxy groups -OCH3 is 2. The highest BCUT2D eigenvalue weighted by Crippen LogP contribution is 2.34. The molecule has 1 amide bonds. The molecule has 1 saturated heterocycles. The van der Waals surface area contributed by atoms with Crippen LogP contribution in [0.15, 0.2) is 65.6 Å². The first-order chi connectivity index (χ1) is 21.1. The van der Waals surface area contributed by atoms with Crippen LogP contribution in [-0.4, -0.2) is 87.1 Å². The third-order valence-corrected chi connectivity index (χ3v) is 8.88. The molecule has 0 radical (unpaired) electrons. The van der Waals surface area contributed by atoms with Gasteiger partial charge in [0.1, 0.15) is 11.5 Å². The summed E-state index contributed by atoms with van der Waals surface area (Å²) in [6.07, 6.45) is 0. The summed E-state index contributed by atoms with van der Waals surface area (Å²) in [6.45, 7) is 7.97. The Morgan fingerprint density at radius 2 is 1.64 bits per heavy atom. The lowest BCUT2D eigenvalue weighted by Crippen LogP contribution is -2.50. The second kappa shape index (κ2) is 13.0. The van der Waals surface area contributed by atoms with Gasteiger partial charge in [0.05, 0.1) is 36.7 Å². The van der Waals surface area contributed by atoms with E-state index in [-0.39, 0.29) is 29.0 Å². The quantitative estimate of drug-likeness (QED) is 0.240. The van der Waals surface area contributed by atoms with E-state index in [1.807, 2.05) is 18.2 Å². The Kier molecular flexibility index (Phi) is 9.18. The Morgan fingerprint density at radius 1 is 0.955 bits per heavy atom. The minimum Gasteiger partial charge on any atom is -0.497 e. The molecule has 1 aromatic heterocycles. The average molecular weight is 620 g/mol. The summed E-state index contributed by atoms with van der Waals surface area (Å²) in [6, 6.07) is 17.3. The number of aromatic nitrogens is 2. The zero-order valence-corrected chi connectivity index (χ0v) is 26.0. The van der Waals surface area contributed by atoms with Crippen LogP contribution in [-0.2, 0) is 14.8 Å². The van der Waals surface area contributed by atoms with Gasteiger partial charge in [-0.25, -0.2) is 18.4 Å². The van der Waals surface area contributed by atoms with Gasteiger partial charge in [-0.05, 0) is 55.8 Å². The molecule has 0 spiro atoms. The van der Waals surface area contributed by atoms with Gasteiger partial charge >= 0.3 is 0 Å². The number of para-hydroxylation sites is 1. The molecule has 232 valence electrons. The average Bonchev–Trinajstić information content (AvgIpc) is 3.01. The molecule has 0 saturated carbocycles. The lowest BCUT2D eigenvalue weighted by molar-refractivity contribution is -0.117. The number of ether oxygens (including phenoxy) is 2. The summed E-state index contributed by atoms with van der Waals surface area (Å²) in [4.78, 5) is 26.1. The first-order valence-corrected chi connectivity index (χ1v) is 15.7. The zero-order valence-electron chi connectivity index (χ0n) is 25.2. The third-order valence-electron chi connectivity index (χ3n) is 7.55. The molecular formula is C31H37N7O5S. The first kappa shape index (κ1) is 31.0. The minimum atomic E-state index is -4.12. The number of piperazine rings is 1. The molecule has 0 aliphatic carbocycles. The highest BCUT2D eigenvalue weighted by atomic mass is 32.2. The van der Waals surface area contributed by atoms with E-state index in [1.54, 1.807) is 44.6 Å². The summed E-state index contributed by atoms with van der Waals surface area (Å²) >= 11 is 0. The predicted molar refractivity (Wildman–Crippen MR) is 172 cm³/mol. The van der Waals surface area contributed by atoms with Gasteiger partial charge in [-0.2, -0.15) is 0 Å². The predicted octanol–water partition coefficient (Wildman–Crippen LogP) is 3.66. The van der Waals surface area contributed by atoms with Crippen LogP contribution in [0.25, 0.3) is 22.2 Å². The number of hydrogen-bond acceptors (Lipinski definition) is 10. The fourth-order valence-corrected chi connectivity index (χ4v) is 6.19. The maximum atomic E-state index is 13.4. The van der Waals surface area contributed by atoms with Gasteiger partial charge in [-0.3, -0.25) is 19.3 Å². The molecule has 0 unspecified atom stereocenters. The van der Waals surface area contributed by atoms with E-state index in [0.717, 1.165) is 37.3 Å². The van der Waals surface area contributed by atoms with Crippen molar-refractivity contribution in [2.75, 3.05) is 62.7 Å². The van der Waals surface area contributed by atoms with Gasteiger partial charge in [0.25, 0.3) is 10.0 Å². The number of sulfonamides is 1. The number of nitrogens with one attached hydrogen (secondary N) is 2. The van der Waals surface area contributed by atoms with Crippen LogP contribution in [0, 0.1) is 0 Å². The summed E-state index contributed by atoms with van der Waals surface area (Å²) in [5, 5.41) is 2.82. The molecule has 0 bridgehead atoms. The van der Waals surface area contributed by atoms with E-state index in [9.17, 15) is 13.2 Å². The smallest absolute Gasteiger partial charge is 0.263 e. The van der Waals surface area contributed by atoms with Crippen LogP contribution < -0.4 is 25.2 Å². The van der Waals surface area contributed by atoms with E-state index < -0.39 is 10.0 Å². The third kappa shape index (κ3) is 7.01. The number of benzene rings is 3. The number of hydrogen-bond donors (Lipinski definition) is 3. The molecule has 1 aliphatic heterocycles. The number of carbonyl (C=O) groups is 1. The summed E-state index contributed by atoms with van der Waals surface area (Å²) < 4.78 is 40.0. The molecule has 4 N–H and O–H groups in total. The number of nitrogens with zero attached hydrogens (tertiary/aromatic N) is 4. The van der Waals surface area contributed by atoms with Crippen LogP contribution in [0.5, 0.6) is 11.5 Å². The van der Waals surface area contributed by atoms with Crippen LogP contribution in [0.2, 0.25) is 0 Å². The van der Waals surface area contributed by atoms with Crippen molar-refractivity contribution in [2.24, 2.45) is 0 Å². The van der Waals surface area contributed by atoms with Crippen molar-refractivity contribution in [1.29, 1.82) is 0 Å². The summed E-state index contributed by atoms with van der Waals surface area (Å²) in [5.41, 5.74) is 9.01. The van der Waals surface area contributed by atoms with E-state index in [0.29, 0.717) is 34.3 Å². The second-order valence-electron chi connectivity index (χ2n) is 10.8. The molecule has 2 heterocycles. The van der Waals surface area contributed by atoms with Crippen molar-refractivity contribution in [1.82, 2.24) is 19.8 Å². The first-order valence-electron chi connectivity index (χ1n) is 14.2. The van der Waals surface area contributed by atoms with E-state index in [4.69, 9.17) is 15.2 Å². The second-order valence-corrected chi connectivity index (χ2v) is 12.5. The van der Waals surface area contributed by atoms with Crippen LogP contribution in [0.3, 0.4) is 0 Å². The lowest BCUT2D eigenvalue weighted by Gasteiger charge is -2.36. The fourth-order valence-electron chi connectivity index (χ4n) is 5.13. The molecular weight excluding hydrogens is 582 g/mol. The van der Waals surface area contributed by atoms with Crippen LogP contribution in [0.1, 0.15) is 13.8 Å². The molecule has 5 rings (SSSR count). The van der Waals surface area contributed by atoms with Gasteiger partial charge in [0.15, 0.2) is 11.6 Å². The largest absolute Gasteiger partial charge is 0.497 e. The Morgan fingerprint density at radius 3 is 2.30 bits per heavy atom. The lowest BCUT2D eigenvalue weighted by atomic mass is 10.0. The maximum Gasteiger partial charge on any atom is 0.263 e. The van der Waals surface area contributed by atoms with Gasteiger partial charge in [0, 0.05) is 49.5 Å². The van der Waals surface area contributed by atoms with Gasteiger partial charge in [-0.15, -0.1) is 0 Å². The molecule has 0 atom stereocenters. The van der Waals surface area contributed by atoms with Crippen LogP contribution in [0.4, 0.5) is 17.3 Å². The van der Waals surface area contributed by atoms with Crippen molar-refractivity contribution in [3.63, 3.8) is 0 Å². The SMILES string of the molecule is COc1cc(OC)cc(-c2cccc3nc(NS(=O)(=O)c4cccc(NC(=O)CN5CCN(C(C)C)CC5)c4)c(N)nc23)c1. The minimum absolute atomic E-state index is 0.0561. The molecule has 12 nitrogen and oxygen atoms in total. The highest BCUT2D eigenvalue weighted by Gasteiger charge is 2.22. The fraction of sp³-hybridized carbons (Fsp3) is 0.323. The Balaban J connectivity index is 1.33. The summed E-state index contributed by atoms with van der Waals surface area (Å²) in [7, 11) is -0.984. The number of nitrogens with two attached hydrogens (primary N) is 1. The van der Waals surface area contributed by atoms with Crippen molar-refractivity contribution in [3.8, 4) is 22.6 Å². The zero-order chi connectivity index (χ0) is 31.4. The normalized spacial score (nSPS) is 14.5. The molecule has 4 aromatic rings. The van der Waals surface area contributed by atoms with E-state index in [2.05, 4.69) is 43.7 Å². The standard InChI is InChI=1S/C31H37N7O5S/c1-20(2)38-13-11-37(12-14-38)19-28(39)33-22-7-5-8-25(17-22)44(40,41)36-31-30(32)35-29-26(9-6-10-27(29)34-31)21-15-23(42-3)18-24(16-21)43-4/h5-10,15-18,20H,11-14,19H2,1-4H3,(H2,32,35)(H,33,39)(H,34,36). The Bertz CT molecular complexity index is 1750. The topological polar surface area (TPSA) is 152 Å². The number of nitrogen functional groups attached to an aromatic ring is 1. The highest BCUT2D eigenvalue weighted by molar-refractivity contribution is 7.92. The number of carbonyl (C=O) groups excluding carboxylic acids is 1.